The van der Waals surface area contributed by atoms with Gasteiger partial charge >= 0.3 is 11.9 Å². The van der Waals surface area contributed by atoms with Crippen LogP contribution in [0.25, 0.3) is 0 Å². The molecule has 0 aromatic heterocycles. The van der Waals surface area contributed by atoms with Crippen molar-refractivity contribution in [3.8, 4) is 0 Å². The number of halogens is 1. The van der Waals surface area contributed by atoms with E-state index in [1.165, 1.54) is 19.3 Å². The summed E-state index contributed by atoms with van der Waals surface area (Å²) in [6, 6.07) is 5.18. The highest BCUT2D eigenvalue weighted by Crippen LogP contribution is 2.33. The molecule has 0 amide bonds. The molecular weight excluding hydrogens is 333 g/mol. The highest BCUT2D eigenvalue weighted by Gasteiger charge is 2.35. The van der Waals surface area contributed by atoms with Crippen molar-refractivity contribution in [2.75, 3.05) is 26.5 Å². The largest absolute Gasteiger partial charge is 0.478 e. The summed E-state index contributed by atoms with van der Waals surface area (Å²) in [6.07, 6.45) is 3.79. The Morgan fingerprint density at radius 3 is 2.75 bits per heavy atom. The van der Waals surface area contributed by atoms with Crippen LogP contribution in [-0.4, -0.2) is 53.7 Å². The number of rotatable bonds is 5. The number of carboxylic acids is 1. The number of carbonyl (C=O) groups excluding carboxylic acids is 1. The van der Waals surface area contributed by atoms with Crippen LogP contribution in [0.3, 0.4) is 0 Å². The average Bonchev–Trinajstić information content (AvgIpc) is 2.56. The molecule has 1 aromatic rings. The number of thioether (sulfide) groups is 1. The fourth-order valence-electron chi connectivity index (χ4n) is 2.95. The van der Waals surface area contributed by atoms with Gasteiger partial charge in [-0.05, 0) is 24.3 Å². The number of aliphatic carboxylic acids is 1. The minimum absolute atomic E-state index is 0.0799. The first-order valence-corrected chi connectivity index (χ1v) is 8.79. The topological polar surface area (TPSA) is 66.8 Å². The second kappa shape index (κ2) is 8.30. The van der Waals surface area contributed by atoms with Gasteiger partial charge in [0.2, 0.25) is 0 Å². The second-order valence-corrected chi connectivity index (χ2v) is 6.53. The highest BCUT2D eigenvalue weighted by atomic mass is 32.2. The number of ether oxygens (including phenoxy) is 1. The summed E-state index contributed by atoms with van der Waals surface area (Å²) in [5.41, 5.74) is 0.952. The highest BCUT2D eigenvalue weighted by molar-refractivity contribution is 7.99. The predicted molar refractivity (Wildman–Crippen MR) is 90.4 cm³/mol. The number of methoxy groups -OCH3 is 1. The first-order valence-electron chi connectivity index (χ1n) is 7.50. The number of hydrogen-bond acceptors (Lipinski definition) is 5. The molecule has 1 fully saturated rings. The first-order chi connectivity index (χ1) is 11.5. The second-order valence-electron chi connectivity index (χ2n) is 5.49. The maximum absolute atomic E-state index is 14.2. The van der Waals surface area contributed by atoms with Crippen LogP contribution in [0.1, 0.15) is 18.0 Å². The summed E-state index contributed by atoms with van der Waals surface area (Å²) >= 11 is 1.57. The van der Waals surface area contributed by atoms with Gasteiger partial charge in [0.25, 0.3) is 0 Å². The molecule has 0 aliphatic carbocycles. The molecule has 0 bridgehead atoms. The van der Waals surface area contributed by atoms with E-state index in [4.69, 9.17) is 9.84 Å². The van der Waals surface area contributed by atoms with E-state index in [0.29, 0.717) is 18.5 Å². The Morgan fingerprint density at radius 2 is 2.17 bits per heavy atom. The quantitative estimate of drug-likeness (QED) is 0.648. The summed E-state index contributed by atoms with van der Waals surface area (Å²) in [7, 11) is 1.26. The van der Waals surface area contributed by atoms with Crippen LogP contribution in [0.4, 0.5) is 4.39 Å². The zero-order valence-electron chi connectivity index (χ0n) is 13.6. The van der Waals surface area contributed by atoms with E-state index >= 15 is 0 Å². The Morgan fingerprint density at radius 1 is 1.46 bits per heavy atom. The van der Waals surface area contributed by atoms with Crippen molar-refractivity contribution in [1.29, 1.82) is 0 Å². The normalized spacial score (nSPS) is 21.5. The molecule has 0 unspecified atom stereocenters. The maximum Gasteiger partial charge on any atom is 0.328 e. The van der Waals surface area contributed by atoms with Gasteiger partial charge < -0.3 is 9.84 Å². The molecular formula is C17H20FNO4S. The zero-order chi connectivity index (χ0) is 17.7. The molecule has 5 nitrogen and oxygen atoms in total. The lowest BCUT2D eigenvalue weighted by Gasteiger charge is -2.37. The molecule has 1 heterocycles. The Kier molecular flexibility index (Phi) is 6.39. The molecule has 0 spiro atoms. The van der Waals surface area contributed by atoms with Gasteiger partial charge in [0, 0.05) is 30.0 Å². The van der Waals surface area contributed by atoms with Crippen molar-refractivity contribution < 1.29 is 23.8 Å². The molecule has 1 aliphatic rings. The molecule has 2 atom stereocenters. The summed E-state index contributed by atoms with van der Waals surface area (Å²) in [6.45, 7) is 0.836. The van der Waals surface area contributed by atoms with Crippen molar-refractivity contribution in [2.45, 2.75) is 17.7 Å². The third kappa shape index (κ3) is 4.15. The molecule has 7 heteroatoms. The van der Waals surface area contributed by atoms with Gasteiger partial charge in [0.15, 0.2) is 0 Å². The lowest BCUT2D eigenvalue weighted by atomic mass is 9.98. The fraction of sp³-hybridized carbons (Fsp3) is 0.412. The molecule has 1 N–H and O–H groups in total. The van der Waals surface area contributed by atoms with Gasteiger partial charge in [0.05, 0.1) is 7.11 Å². The standard InChI is InChI=1S/C17H20FNO4S/c1-23-17(22)16(12-5-3-4-6-13(12)18)19-8-7-14(24-2)11(10-19)9-15(20)21/h3-6,9,14,16H,7-8,10H2,1-2H3,(H,20,21)/b11-9+/t14-,16+/m1/s1. The molecule has 1 aliphatic heterocycles. The van der Waals surface area contributed by atoms with E-state index in [0.717, 1.165) is 0 Å². The predicted octanol–water partition coefficient (Wildman–Crippen LogP) is 2.49. The number of likely N-dealkylation sites (tertiary alicyclic amines) is 1. The number of piperidine rings is 1. The summed E-state index contributed by atoms with van der Waals surface area (Å²) in [4.78, 5) is 25.1. The van der Waals surface area contributed by atoms with Crippen LogP contribution in [0.15, 0.2) is 35.9 Å². The van der Waals surface area contributed by atoms with Gasteiger partial charge in [-0.1, -0.05) is 18.2 Å². The smallest absolute Gasteiger partial charge is 0.328 e. The zero-order valence-corrected chi connectivity index (χ0v) is 14.4. The monoisotopic (exact) mass is 353 g/mol. The van der Waals surface area contributed by atoms with Gasteiger partial charge in [0.1, 0.15) is 11.9 Å². The number of esters is 1. The van der Waals surface area contributed by atoms with Gasteiger partial charge in [-0.25, -0.2) is 14.0 Å². The third-order valence-electron chi connectivity index (χ3n) is 4.06. The van der Waals surface area contributed by atoms with Crippen molar-refractivity contribution in [3.63, 3.8) is 0 Å². The van der Waals surface area contributed by atoms with E-state index < -0.39 is 23.8 Å². The van der Waals surface area contributed by atoms with Gasteiger partial charge in [-0.15, -0.1) is 0 Å². The van der Waals surface area contributed by atoms with E-state index in [9.17, 15) is 14.0 Å². The van der Waals surface area contributed by atoms with Gasteiger partial charge in [-0.3, -0.25) is 4.90 Å². The van der Waals surface area contributed by atoms with E-state index in [-0.39, 0.29) is 17.4 Å². The fourth-order valence-corrected chi connectivity index (χ4v) is 3.74. The molecule has 0 radical (unpaired) electrons. The van der Waals surface area contributed by atoms with Crippen molar-refractivity contribution in [3.05, 3.63) is 47.3 Å². The summed E-state index contributed by atoms with van der Waals surface area (Å²) in [5, 5.41) is 9.14. The van der Waals surface area contributed by atoms with Crippen LogP contribution in [0, 0.1) is 5.82 Å². The minimum atomic E-state index is -1.02. The molecule has 1 saturated heterocycles. The number of benzene rings is 1. The minimum Gasteiger partial charge on any atom is -0.478 e. The Balaban J connectivity index is 2.36. The molecule has 130 valence electrons. The lowest BCUT2D eigenvalue weighted by molar-refractivity contribution is -0.147. The lowest BCUT2D eigenvalue weighted by Crippen LogP contribution is -2.43. The maximum atomic E-state index is 14.2. The van der Waals surface area contributed by atoms with Crippen molar-refractivity contribution in [2.24, 2.45) is 0 Å². The summed E-state index contributed by atoms with van der Waals surface area (Å²) in [5.74, 6) is -2.06. The number of hydrogen-bond donors (Lipinski definition) is 1. The van der Waals surface area contributed by atoms with E-state index in [1.807, 2.05) is 6.26 Å². The SMILES string of the molecule is COC(=O)[C@H](c1ccccc1F)N1CC[C@@H](SC)/C(=C/C(=O)O)C1. The van der Waals surface area contributed by atoms with Crippen LogP contribution in [0.2, 0.25) is 0 Å². The third-order valence-corrected chi connectivity index (χ3v) is 5.17. The molecule has 24 heavy (non-hydrogen) atoms. The van der Waals surface area contributed by atoms with Crippen molar-refractivity contribution >= 4 is 23.7 Å². The molecule has 0 saturated carbocycles. The van der Waals surface area contributed by atoms with Crippen LogP contribution >= 0.6 is 11.8 Å². The first kappa shape index (κ1) is 18.5. The van der Waals surface area contributed by atoms with E-state index in [2.05, 4.69) is 0 Å². The van der Waals surface area contributed by atoms with E-state index in [1.54, 1.807) is 34.9 Å². The average molecular weight is 353 g/mol. The van der Waals surface area contributed by atoms with Crippen LogP contribution in [-0.2, 0) is 14.3 Å². The van der Waals surface area contributed by atoms with Crippen LogP contribution < -0.4 is 0 Å². The molecule has 1 aromatic carbocycles. The van der Waals surface area contributed by atoms with Crippen molar-refractivity contribution in [1.82, 2.24) is 4.90 Å². The number of carboxylic acid groups (broad SMARTS) is 1. The number of carbonyl (C=O) groups is 2. The number of nitrogens with zero attached hydrogens (tertiary/aromatic N) is 1. The summed E-state index contributed by atoms with van der Waals surface area (Å²) < 4.78 is 19.1. The van der Waals surface area contributed by atoms with Crippen LogP contribution in [0.5, 0.6) is 0 Å². The molecule has 2 rings (SSSR count). The Labute approximate surface area is 144 Å². The van der Waals surface area contributed by atoms with Gasteiger partial charge in [-0.2, -0.15) is 11.8 Å². The Bertz CT molecular complexity index is 649. The Hall–Kier alpha value is -1.86.